The lowest BCUT2D eigenvalue weighted by atomic mass is 10.2. The third-order valence-corrected chi connectivity index (χ3v) is 6.03. The summed E-state index contributed by atoms with van der Waals surface area (Å²) in [4.78, 5) is 17.1. The standard InChI is InChI=1S/C23H27N5O3S/c1-30-18-9-7-17(8-10-18)22-24-25-23(32)28(22)12-11-21(29)27-15-13-26(14-16-27)19-5-3-4-6-20(19)31-2/h3-10H,11-16H2,1-2H3,(H,25,32). The van der Waals surface area contributed by atoms with Gasteiger partial charge in [0.1, 0.15) is 11.5 Å². The van der Waals surface area contributed by atoms with Gasteiger partial charge in [0.15, 0.2) is 10.6 Å². The van der Waals surface area contributed by atoms with Crippen LogP contribution in [0.15, 0.2) is 48.5 Å². The lowest BCUT2D eigenvalue weighted by molar-refractivity contribution is -0.131. The molecule has 1 saturated heterocycles. The van der Waals surface area contributed by atoms with Gasteiger partial charge in [-0.05, 0) is 48.6 Å². The summed E-state index contributed by atoms with van der Waals surface area (Å²) in [6.07, 6.45) is 0.367. The van der Waals surface area contributed by atoms with Crippen LogP contribution in [0, 0.1) is 4.77 Å². The molecule has 0 aliphatic carbocycles. The third kappa shape index (κ3) is 4.62. The maximum Gasteiger partial charge on any atom is 0.224 e. The monoisotopic (exact) mass is 453 g/mol. The normalized spacial score (nSPS) is 13.8. The van der Waals surface area contributed by atoms with Gasteiger partial charge in [-0.2, -0.15) is 5.10 Å². The lowest BCUT2D eigenvalue weighted by Gasteiger charge is -2.36. The molecule has 0 unspecified atom stereocenters. The van der Waals surface area contributed by atoms with Crippen molar-refractivity contribution in [3.8, 4) is 22.9 Å². The summed E-state index contributed by atoms with van der Waals surface area (Å²) >= 11 is 5.40. The number of piperazine rings is 1. The Bertz CT molecular complexity index is 1120. The number of rotatable bonds is 7. The smallest absolute Gasteiger partial charge is 0.224 e. The molecule has 0 bridgehead atoms. The van der Waals surface area contributed by atoms with E-state index in [0.717, 1.165) is 35.8 Å². The number of carbonyl (C=O) groups is 1. The summed E-state index contributed by atoms with van der Waals surface area (Å²) in [5.41, 5.74) is 1.98. The van der Waals surface area contributed by atoms with Crippen molar-refractivity contribution in [1.82, 2.24) is 19.7 Å². The minimum Gasteiger partial charge on any atom is -0.497 e. The van der Waals surface area contributed by atoms with Crippen LogP contribution in [-0.4, -0.2) is 66.0 Å². The minimum absolute atomic E-state index is 0.119. The number of amides is 1. The van der Waals surface area contributed by atoms with Gasteiger partial charge in [-0.3, -0.25) is 14.5 Å². The predicted octanol–water partition coefficient (Wildman–Crippen LogP) is 3.36. The highest BCUT2D eigenvalue weighted by atomic mass is 32.1. The molecule has 1 fully saturated rings. The van der Waals surface area contributed by atoms with Gasteiger partial charge in [-0.15, -0.1) is 0 Å². The van der Waals surface area contributed by atoms with Crippen molar-refractivity contribution in [2.75, 3.05) is 45.3 Å². The number of nitrogens with one attached hydrogen (secondary N) is 1. The first-order valence-electron chi connectivity index (χ1n) is 10.6. The Morgan fingerprint density at radius 3 is 2.44 bits per heavy atom. The fraction of sp³-hybridized carbons (Fsp3) is 0.348. The number of nitrogens with zero attached hydrogens (tertiary/aromatic N) is 4. The summed E-state index contributed by atoms with van der Waals surface area (Å²) in [5.74, 6) is 2.46. The number of benzene rings is 2. The van der Waals surface area contributed by atoms with Crippen molar-refractivity contribution in [3.05, 3.63) is 53.3 Å². The number of hydrogen-bond acceptors (Lipinski definition) is 6. The molecule has 1 N–H and O–H groups in total. The lowest BCUT2D eigenvalue weighted by Crippen LogP contribution is -2.49. The molecule has 9 heteroatoms. The average molecular weight is 454 g/mol. The topological polar surface area (TPSA) is 75.6 Å². The molecule has 32 heavy (non-hydrogen) atoms. The van der Waals surface area contributed by atoms with Crippen LogP contribution in [0.2, 0.25) is 0 Å². The van der Waals surface area contributed by atoms with E-state index in [9.17, 15) is 4.79 Å². The summed E-state index contributed by atoms with van der Waals surface area (Å²) < 4.78 is 13.1. The van der Waals surface area contributed by atoms with Crippen LogP contribution in [0.3, 0.4) is 0 Å². The maximum absolute atomic E-state index is 12.9. The minimum atomic E-state index is 0.119. The van der Waals surface area contributed by atoms with E-state index in [1.165, 1.54) is 0 Å². The fourth-order valence-corrected chi connectivity index (χ4v) is 4.16. The number of anilines is 1. The summed E-state index contributed by atoms with van der Waals surface area (Å²) in [5, 5.41) is 7.20. The molecule has 1 aromatic heterocycles. The van der Waals surface area contributed by atoms with E-state index >= 15 is 0 Å². The van der Waals surface area contributed by atoms with Crippen molar-refractivity contribution in [1.29, 1.82) is 0 Å². The average Bonchev–Trinajstić information content (AvgIpc) is 3.22. The van der Waals surface area contributed by atoms with E-state index in [2.05, 4.69) is 21.2 Å². The van der Waals surface area contributed by atoms with Gasteiger partial charge in [0, 0.05) is 44.7 Å². The van der Waals surface area contributed by atoms with Crippen LogP contribution < -0.4 is 14.4 Å². The van der Waals surface area contributed by atoms with Crippen LogP contribution in [-0.2, 0) is 11.3 Å². The van der Waals surface area contributed by atoms with E-state index < -0.39 is 0 Å². The van der Waals surface area contributed by atoms with E-state index in [-0.39, 0.29) is 5.91 Å². The number of hydrogen-bond donors (Lipinski definition) is 1. The number of aromatic amines is 1. The number of aromatic nitrogens is 3. The van der Waals surface area contributed by atoms with Gasteiger partial charge in [0.2, 0.25) is 5.91 Å². The van der Waals surface area contributed by atoms with Crippen molar-refractivity contribution >= 4 is 23.8 Å². The fourth-order valence-electron chi connectivity index (χ4n) is 3.94. The molecule has 0 radical (unpaired) electrons. The number of carbonyl (C=O) groups excluding carboxylic acids is 1. The second-order valence-corrected chi connectivity index (χ2v) is 7.91. The van der Waals surface area contributed by atoms with Crippen LogP contribution in [0.5, 0.6) is 11.5 Å². The van der Waals surface area contributed by atoms with Gasteiger partial charge in [-0.1, -0.05) is 12.1 Å². The molecule has 1 aliphatic rings. The molecular formula is C23H27N5O3S. The van der Waals surface area contributed by atoms with Crippen LogP contribution in [0.25, 0.3) is 11.4 Å². The van der Waals surface area contributed by atoms with Crippen LogP contribution >= 0.6 is 12.2 Å². The molecule has 0 atom stereocenters. The second-order valence-electron chi connectivity index (χ2n) is 7.52. The zero-order chi connectivity index (χ0) is 22.5. The van der Waals surface area contributed by atoms with Gasteiger partial charge >= 0.3 is 0 Å². The Labute approximate surface area is 192 Å². The molecule has 4 rings (SSSR count). The van der Waals surface area contributed by atoms with Crippen molar-refractivity contribution < 1.29 is 14.3 Å². The highest BCUT2D eigenvalue weighted by molar-refractivity contribution is 7.71. The van der Waals surface area contributed by atoms with Crippen molar-refractivity contribution in [2.24, 2.45) is 0 Å². The SMILES string of the molecule is COc1ccc(-c2n[nH]c(=S)n2CCC(=O)N2CCN(c3ccccc3OC)CC2)cc1. The first-order chi connectivity index (χ1) is 15.6. The van der Waals surface area contributed by atoms with Crippen molar-refractivity contribution in [3.63, 3.8) is 0 Å². The quantitative estimate of drug-likeness (QED) is 0.553. The molecule has 168 valence electrons. The summed E-state index contributed by atoms with van der Waals surface area (Å²) in [6.45, 7) is 3.38. The molecule has 0 spiro atoms. The molecule has 8 nitrogen and oxygen atoms in total. The van der Waals surface area contributed by atoms with Crippen molar-refractivity contribution in [2.45, 2.75) is 13.0 Å². The molecule has 2 heterocycles. The predicted molar refractivity (Wildman–Crippen MR) is 126 cm³/mol. The van der Waals surface area contributed by atoms with Crippen LogP contribution in [0.1, 0.15) is 6.42 Å². The van der Waals surface area contributed by atoms with E-state index in [1.807, 2.05) is 51.9 Å². The third-order valence-electron chi connectivity index (χ3n) is 5.71. The maximum atomic E-state index is 12.9. The second kappa shape index (κ2) is 9.86. The van der Waals surface area contributed by atoms with E-state index in [4.69, 9.17) is 21.7 Å². The zero-order valence-electron chi connectivity index (χ0n) is 18.3. The molecule has 2 aromatic carbocycles. The highest BCUT2D eigenvalue weighted by Gasteiger charge is 2.23. The van der Waals surface area contributed by atoms with Gasteiger partial charge in [-0.25, -0.2) is 0 Å². The first kappa shape index (κ1) is 21.9. The molecule has 1 amide bonds. The number of ether oxygens (including phenoxy) is 2. The molecular weight excluding hydrogens is 426 g/mol. The summed E-state index contributed by atoms with van der Waals surface area (Å²) in [6, 6.07) is 15.6. The van der Waals surface area contributed by atoms with E-state index in [1.54, 1.807) is 14.2 Å². The largest absolute Gasteiger partial charge is 0.497 e. The van der Waals surface area contributed by atoms with Crippen LogP contribution in [0.4, 0.5) is 5.69 Å². The molecule has 3 aromatic rings. The Morgan fingerprint density at radius 1 is 1.03 bits per heavy atom. The molecule has 0 saturated carbocycles. The Balaban J connectivity index is 1.37. The number of methoxy groups -OCH3 is 2. The Morgan fingerprint density at radius 2 is 1.75 bits per heavy atom. The number of H-pyrrole nitrogens is 1. The van der Waals surface area contributed by atoms with E-state index in [0.29, 0.717) is 36.7 Å². The number of para-hydroxylation sites is 2. The zero-order valence-corrected chi connectivity index (χ0v) is 19.1. The van der Waals surface area contributed by atoms with Gasteiger partial charge < -0.3 is 19.3 Å². The Kier molecular flexibility index (Phi) is 6.75. The first-order valence-corrected chi connectivity index (χ1v) is 11.0. The summed E-state index contributed by atoms with van der Waals surface area (Å²) in [7, 11) is 3.31. The van der Waals surface area contributed by atoms with Gasteiger partial charge in [0.25, 0.3) is 0 Å². The van der Waals surface area contributed by atoms with Gasteiger partial charge in [0.05, 0.1) is 19.9 Å². The Hall–Kier alpha value is -3.33. The molecule has 1 aliphatic heterocycles. The highest BCUT2D eigenvalue weighted by Crippen LogP contribution is 2.28.